The van der Waals surface area contributed by atoms with Crippen molar-refractivity contribution in [3.05, 3.63) is 74.4 Å². The fourth-order valence-corrected chi connectivity index (χ4v) is 4.76. The highest BCUT2D eigenvalue weighted by atomic mass is 32.2. The van der Waals surface area contributed by atoms with Gasteiger partial charge < -0.3 is 14.9 Å². The lowest BCUT2D eigenvalue weighted by atomic mass is 10.0. The molecule has 0 radical (unpaired) electrons. The van der Waals surface area contributed by atoms with Crippen molar-refractivity contribution < 1.29 is 14.9 Å². The number of phenolic OH excluding ortho intramolecular Hbond substituents is 1. The van der Waals surface area contributed by atoms with Crippen molar-refractivity contribution in [1.29, 1.82) is 0 Å². The normalized spacial score (nSPS) is 15.7. The third-order valence-corrected chi connectivity index (χ3v) is 6.59. The Labute approximate surface area is 182 Å². The number of thioether (sulfide) groups is 1. The van der Waals surface area contributed by atoms with Gasteiger partial charge in [0.05, 0.1) is 18.5 Å². The van der Waals surface area contributed by atoms with Crippen LogP contribution in [0.25, 0.3) is 0 Å². The van der Waals surface area contributed by atoms with Gasteiger partial charge in [-0.3, -0.25) is 18.9 Å². The van der Waals surface area contributed by atoms with E-state index < -0.39 is 17.1 Å². The highest BCUT2D eigenvalue weighted by Gasteiger charge is 2.28. The quantitative estimate of drug-likeness (QED) is 0.650. The largest absolute Gasteiger partial charge is 0.504 e. The van der Waals surface area contributed by atoms with Gasteiger partial charge in [0.1, 0.15) is 5.56 Å². The molecule has 8 nitrogen and oxygen atoms in total. The van der Waals surface area contributed by atoms with Crippen LogP contribution in [-0.4, -0.2) is 32.2 Å². The van der Waals surface area contributed by atoms with Crippen LogP contribution in [0.3, 0.4) is 0 Å². The summed E-state index contributed by atoms with van der Waals surface area (Å²) in [5.74, 6) is -0.0445. The minimum Gasteiger partial charge on any atom is -0.504 e. The molecule has 2 aromatic carbocycles. The predicted molar refractivity (Wildman–Crippen MR) is 119 cm³/mol. The zero-order valence-corrected chi connectivity index (χ0v) is 18.0. The fourth-order valence-electron chi connectivity index (χ4n) is 3.54. The number of fused-ring (bicyclic) bond motifs is 1. The molecule has 0 saturated carbocycles. The van der Waals surface area contributed by atoms with E-state index in [1.165, 1.54) is 21.2 Å². The molecule has 0 spiro atoms. The van der Waals surface area contributed by atoms with Gasteiger partial charge in [-0.05, 0) is 29.8 Å². The lowest BCUT2D eigenvalue weighted by molar-refractivity contribution is 0.373. The molecule has 0 amide bonds. The molecule has 0 saturated heterocycles. The Balaban J connectivity index is 1.92. The third-order valence-electron chi connectivity index (χ3n) is 5.27. The van der Waals surface area contributed by atoms with Gasteiger partial charge in [-0.15, -0.1) is 11.8 Å². The van der Waals surface area contributed by atoms with Gasteiger partial charge in [-0.1, -0.05) is 18.2 Å². The van der Waals surface area contributed by atoms with Gasteiger partial charge in [0.25, 0.3) is 5.56 Å². The summed E-state index contributed by atoms with van der Waals surface area (Å²) >= 11 is 1.57. The smallest absolute Gasteiger partial charge is 0.333 e. The Kier molecular flexibility index (Phi) is 5.36. The summed E-state index contributed by atoms with van der Waals surface area (Å²) in [5.41, 5.74) is 0.693. The van der Waals surface area contributed by atoms with E-state index in [-0.39, 0.29) is 16.6 Å². The first-order valence-electron chi connectivity index (χ1n) is 9.51. The van der Waals surface area contributed by atoms with E-state index in [1.807, 2.05) is 24.3 Å². The Morgan fingerprint density at radius 2 is 1.84 bits per heavy atom. The number of aliphatic imine (C=N–C) groups is 1. The minimum absolute atomic E-state index is 0.00218. The summed E-state index contributed by atoms with van der Waals surface area (Å²) < 4.78 is 7.24. The molecule has 1 atom stereocenters. The first-order chi connectivity index (χ1) is 14.8. The van der Waals surface area contributed by atoms with Crippen LogP contribution in [0, 0.1) is 0 Å². The topological polar surface area (TPSA) is 106 Å². The number of methoxy groups -OCH3 is 1. The van der Waals surface area contributed by atoms with Gasteiger partial charge >= 0.3 is 5.69 Å². The number of nitrogens with zero attached hydrogens (tertiary/aromatic N) is 3. The number of hydrogen-bond donors (Lipinski definition) is 2. The first-order valence-corrected chi connectivity index (χ1v) is 10.4. The van der Waals surface area contributed by atoms with E-state index in [9.17, 15) is 19.8 Å². The molecule has 9 heteroatoms. The second-order valence-electron chi connectivity index (χ2n) is 7.17. The van der Waals surface area contributed by atoms with Gasteiger partial charge in [0.2, 0.25) is 5.88 Å². The molecule has 1 unspecified atom stereocenters. The van der Waals surface area contributed by atoms with Crippen molar-refractivity contribution in [2.75, 3.05) is 7.11 Å². The Hall–Kier alpha value is -3.46. The average Bonchev–Trinajstić information content (AvgIpc) is 2.96. The zero-order chi connectivity index (χ0) is 22.3. The summed E-state index contributed by atoms with van der Waals surface area (Å²) in [7, 11) is 4.26. The summed E-state index contributed by atoms with van der Waals surface area (Å²) in [6.45, 7) is 0. The highest BCUT2D eigenvalue weighted by molar-refractivity contribution is 7.99. The average molecular weight is 439 g/mol. The lowest BCUT2D eigenvalue weighted by Crippen LogP contribution is -2.40. The van der Waals surface area contributed by atoms with Crippen molar-refractivity contribution in [3.8, 4) is 17.4 Å². The monoisotopic (exact) mass is 439 g/mol. The van der Waals surface area contributed by atoms with E-state index in [0.717, 1.165) is 19.6 Å². The van der Waals surface area contributed by atoms with Crippen LogP contribution in [0.5, 0.6) is 17.4 Å². The molecular formula is C22H21N3O5S. The molecule has 160 valence electrons. The molecule has 2 heterocycles. The van der Waals surface area contributed by atoms with Crippen molar-refractivity contribution in [3.63, 3.8) is 0 Å². The summed E-state index contributed by atoms with van der Waals surface area (Å²) in [6, 6.07) is 12.6. The van der Waals surface area contributed by atoms with Gasteiger partial charge in [-0.25, -0.2) is 4.79 Å². The zero-order valence-electron chi connectivity index (χ0n) is 17.2. The summed E-state index contributed by atoms with van der Waals surface area (Å²) in [6.07, 6.45) is 0.314. The number of para-hydroxylation sites is 1. The van der Waals surface area contributed by atoms with E-state index in [0.29, 0.717) is 23.6 Å². The number of rotatable bonds is 3. The summed E-state index contributed by atoms with van der Waals surface area (Å²) in [4.78, 5) is 30.7. The number of aromatic nitrogens is 2. The minimum atomic E-state index is -0.616. The Morgan fingerprint density at radius 1 is 1.10 bits per heavy atom. The van der Waals surface area contributed by atoms with Crippen molar-refractivity contribution in [1.82, 2.24) is 9.13 Å². The van der Waals surface area contributed by atoms with Crippen molar-refractivity contribution in [2.24, 2.45) is 19.1 Å². The van der Waals surface area contributed by atoms with E-state index in [2.05, 4.69) is 0 Å². The molecule has 2 N–H and O–H groups in total. The SMILES string of the molecule is COc1cc(C2CC(c3c(O)n(C)c(=O)n(C)c3=O)=Nc3ccccc3S2)ccc1O. The van der Waals surface area contributed by atoms with Gasteiger partial charge in [-0.2, -0.15) is 0 Å². The van der Waals surface area contributed by atoms with Crippen LogP contribution in [0.1, 0.15) is 22.8 Å². The molecule has 31 heavy (non-hydrogen) atoms. The molecule has 0 bridgehead atoms. The van der Waals surface area contributed by atoms with Crippen LogP contribution in [-0.2, 0) is 14.1 Å². The second kappa shape index (κ2) is 7.99. The second-order valence-corrected chi connectivity index (χ2v) is 8.42. The van der Waals surface area contributed by atoms with Crippen molar-refractivity contribution >= 4 is 23.2 Å². The number of ether oxygens (including phenoxy) is 1. The maximum atomic E-state index is 12.9. The maximum absolute atomic E-state index is 12.9. The van der Waals surface area contributed by atoms with Crippen molar-refractivity contribution in [2.45, 2.75) is 16.6 Å². The highest BCUT2D eigenvalue weighted by Crippen LogP contribution is 2.46. The molecule has 1 aliphatic rings. The molecule has 4 rings (SSSR count). The third kappa shape index (κ3) is 3.61. The number of hydrogen-bond acceptors (Lipinski definition) is 7. The molecular weight excluding hydrogens is 418 g/mol. The predicted octanol–water partition coefficient (Wildman–Crippen LogP) is 2.86. The molecule has 3 aromatic rings. The van der Waals surface area contributed by atoms with E-state index >= 15 is 0 Å². The van der Waals surface area contributed by atoms with Crippen LogP contribution < -0.4 is 16.0 Å². The van der Waals surface area contributed by atoms with Crippen LogP contribution >= 0.6 is 11.8 Å². The van der Waals surface area contributed by atoms with Crippen LogP contribution in [0.2, 0.25) is 0 Å². The Morgan fingerprint density at radius 3 is 2.58 bits per heavy atom. The lowest BCUT2D eigenvalue weighted by Gasteiger charge is -2.18. The van der Waals surface area contributed by atoms with E-state index in [1.54, 1.807) is 30.0 Å². The number of aromatic hydroxyl groups is 2. The Bertz CT molecular complexity index is 1330. The molecule has 1 aliphatic heterocycles. The van der Waals surface area contributed by atoms with E-state index in [4.69, 9.17) is 9.73 Å². The summed E-state index contributed by atoms with van der Waals surface area (Å²) in [5, 5.41) is 20.4. The fraction of sp³-hybridized carbons (Fsp3) is 0.227. The molecule has 0 aliphatic carbocycles. The molecule has 1 aromatic heterocycles. The number of benzene rings is 2. The standard InChI is InChI=1S/C22H21N3O5S/c1-24-20(27)19(21(28)25(2)22(24)29)14-11-18(12-8-9-15(26)16(10-12)30-3)31-17-7-5-4-6-13(17)23-14/h4-10,18,26-27H,11H2,1-3H3. The number of phenols is 1. The van der Waals surface area contributed by atoms with Crippen LogP contribution in [0.15, 0.2) is 61.9 Å². The van der Waals surface area contributed by atoms with Crippen LogP contribution in [0.4, 0.5) is 5.69 Å². The van der Waals surface area contributed by atoms with Gasteiger partial charge in [0, 0.05) is 30.7 Å². The maximum Gasteiger partial charge on any atom is 0.333 e. The first kappa shape index (κ1) is 20.8. The van der Waals surface area contributed by atoms with Gasteiger partial charge in [0.15, 0.2) is 11.5 Å². The molecule has 0 fully saturated rings.